The normalized spacial score (nSPS) is 35.4. The number of aliphatic hydroxyl groups excluding tert-OH is 1. The third-order valence-corrected chi connectivity index (χ3v) is 4.16. The van der Waals surface area contributed by atoms with E-state index in [0.29, 0.717) is 10.6 Å². The van der Waals surface area contributed by atoms with Gasteiger partial charge in [0.1, 0.15) is 0 Å². The molecule has 0 bridgehead atoms. The molecule has 0 unspecified atom stereocenters. The number of alkyl halides is 3. The highest BCUT2D eigenvalue weighted by Gasteiger charge is 2.65. The Morgan fingerprint density at radius 2 is 2.29 bits per heavy atom. The zero-order valence-corrected chi connectivity index (χ0v) is 12.7. The zero-order valence-electron chi connectivity index (χ0n) is 10.6. The van der Waals surface area contributed by atoms with Crippen LogP contribution in [0, 0.1) is 0 Å². The molecular formula is C12H11F2IN2O4. The fourth-order valence-corrected chi connectivity index (χ4v) is 2.70. The van der Waals surface area contributed by atoms with E-state index < -0.39 is 35.1 Å². The number of ether oxygens (including phenoxy) is 1. The summed E-state index contributed by atoms with van der Waals surface area (Å²) in [5, 5.41) is 9.91. The lowest BCUT2D eigenvalue weighted by Crippen LogP contribution is -2.47. The van der Waals surface area contributed by atoms with Gasteiger partial charge in [0.05, 0.1) is 4.43 Å². The summed E-state index contributed by atoms with van der Waals surface area (Å²) in [7, 11) is 0. The molecule has 1 aromatic heterocycles. The zero-order chi connectivity index (χ0) is 15.8. The molecule has 2 heterocycles. The smallest absolute Gasteiger partial charge is 0.330 e. The van der Waals surface area contributed by atoms with Crippen molar-refractivity contribution in [2.45, 2.75) is 23.9 Å². The molecule has 6 nitrogen and oxygen atoms in total. The first-order valence-electron chi connectivity index (χ1n) is 5.76. The molecule has 2 rings (SSSR count). The SMILES string of the molecule is C=C=C[C@]1(F)[C@H](n2ccc(=O)[nH]c2=O)O[C@](F)(CI)[C@H]1O. The first kappa shape index (κ1) is 16.1. The lowest BCUT2D eigenvalue weighted by molar-refractivity contribution is -0.169. The summed E-state index contributed by atoms with van der Waals surface area (Å²) in [4.78, 5) is 24.7. The molecule has 1 fully saturated rings. The van der Waals surface area contributed by atoms with E-state index in [2.05, 4.69) is 12.3 Å². The quantitative estimate of drug-likeness (QED) is 0.432. The van der Waals surface area contributed by atoms with Crippen molar-refractivity contribution < 1.29 is 18.6 Å². The Balaban J connectivity index is 2.63. The number of aromatic amines is 1. The van der Waals surface area contributed by atoms with Crippen LogP contribution in [0.2, 0.25) is 0 Å². The van der Waals surface area contributed by atoms with Crippen LogP contribution in [-0.4, -0.2) is 36.7 Å². The van der Waals surface area contributed by atoms with Gasteiger partial charge in [0.2, 0.25) is 11.5 Å². The minimum absolute atomic E-state index is 0.364. The second-order valence-corrected chi connectivity index (χ2v) is 5.25. The largest absolute Gasteiger partial charge is 0.383 e. The molecule has 0 radical (unpaired) electrons. The fourth-order valence-electron chi connectivity index (χ4n) is 2.10. The van der Waals surface area contributed by atoms with E-state index >= 15 is 0 Å². The van der Waals surface area contributed by atoms with Crippen LogP contribution in [0.15, 0.2) is 40.2 Å². The third kappa shape index (κ3) is 2.50. The molecule has 0 saturated carbocycles. The van der Waals surface area contributed by atoms with Gasteiger partial charge in [-0.25, -0.2) is 13.6 Å². The topological polar surface area (TPSA) is 84.3 Å². The molecule has 21 heavy (non-hydrogen) atoms. The Hall–Kier alpha value is -1.29. The van der Waals surface area contributed by atoms with E-state index in [1.165, 1.54) is 0 Å². The van der Waals surface area contributed by atoms with Gasteiger partial charge in [0.15, 0.2) is 12.3 Å². The number of aliphatic hydroxyl groups is 1. The number of hydrogen-bond acceptors (Lipinski definition) is 4. The summed E-state index contributed by atoms with van der Waals surface area (Å²) in [5.74, 6) is -2.69. The molecule has 0 spiro atoms. The Labute approximate surface area is 130 Å². The molecule has 0 amide bonds. The molecule has 1 saturated heterocycles. The molecule has 0 aliphatic carbocycles. The van der Waals surface area contributed by atoms with Crippen LogP contribution >= 0.6 is 22.6 Å². The number of nitrogens with one attached hydrogen (secondary N) is 1. The highest BCUT2D eigenvalue weighted by atomic mass is 127. The van der Waals surface area contributed by atoms with Crippen LogP contribution in [0.4, 0.5) is 8.78 Å². The second kappa shape index (κ2) is 5.48. The van der Waals surface area contributed by atoms with Gasteiger partial charge in [-0.2, -0.15) is 0 Å². The first-order valence-corrected chi connectivity index (χ1v) is 7.29. The lowest BCUT2D eigenvalue weighted by Gasteiger charge is -2.25. The van der Waals surface area contributed by atoms with Gasteiger partial charge in [0.25, 0.3) is 5.56 Å². The van der Waals surface area contributed by atoms with E-state index in [1.54, 1.807) is 22.6 Å². The Kier molecular flexibility index (Phi) is 4.20. The van der Waals surface area contributed by atoms with Gasteiger partial charge >= 0.3 is 5.69 Å². The van der Waals surface area contributed by atoms with Crippen LogP contribution in [0.5, 0.6) is 0 Å². The van der Waals surface area contributed by atoms with Crippen LogP contribution < -0.4 is 11.2 Å². The summed E-state index contributed by atoms with van der Waals surface area (Å²) in [6.07, 6.45) is -2.32. The number of rotatable bonds is 3. The average molecular weight is 412 g/mol. The molecule has 4 atom stereocenters. The second-order valence-electron chi connectivity index (χ2n) is 4.49. The maximum atomic E-state index is 15.0. The maximum absolute atomic E-state index is 15.0. The van der Waals surface area contributed by atoms with Crippen LogP contribution in [0.25, 0.3) is 0 Å². The fraction of sp³-hybridized carbons (Fsp3) is 0.417. The standard InChI is InChI=1S/C12H11F2IN2O4/c1-2-4-11(13)8(19)12(14,6-15)21-9(11)17-5-3-7(18)16-10(17)20/h3-5,8-9,19H,1,6H2,(H,16,18,20)/t8-,9+,11+,12+/m0/s1. The highest BCUT2D eigenvalue weighted by molar-refractivity contribution is 14.1. The van der Waals surface area contributed by atoms with Crippen molar-refractivity contribution in [1.29, 1.82) is 0 Å². The minimum Gasteiger partial charge on any atom is -0.383 e. The predicted octanol–water partition coefficient (Wildman–Crippen LogP) is 0.576. The molecule has 0 aromatic carbocycles. The molecule has 1 aliphatic heterocycles. The van der Waals surface area contributed by atoms with Crippen LogP contribution in [-0.2, 0) is 4.74 Å². The average Bonchev–Trinajstić information content (AvgIpc) is 2.62. The van der Waals surface area contributed by atoms with Gasteiger partial charge in [0, 0.05) is 18.3 Å². The van der Waals surface area contributed by atoms with Gasteiger partial charge in [-0.1, -0.05) is 29.2 Å². The van der Waals surface area contributed by atoms with Gasteiger partial charge in [-0.3, -0.25) is 14.3 Å². The Bertz CT molecular complexity index is 714. The number of aromatic nitrogens is 2. The molecule has 1 aromatic rings. The van der Waals surface area contributed by atoms with E-state index in [0.717, 1.165) is 12.3 Å². The summed E-state index contributed by atoms with van der Waals surface area (Å²) >= 11 is 1.59. The van der Waals surface area contributed by atoms with Crippen molar-refractivity contribution in [1.82, 2.24) is 9.55 Å². The van der Waals surface area contributed by atoms with Crippen molar-refractivity contribution >= 4 is 22.6 Å². The number of halogens is 3. The van der Waals surface area contributed by atoms with Crippen molar-refractivity contribution in [3.05, 3.63) is 51.5 Å². The number of H-pyrrole nitrogens is 1. The van der Waals surface area contributed by atoms with Crippen LogP contribution in [0.3, 0.4) is 0 Å². The summed E-state index contributed by atoms with van der Waals surface area (Å²) in [5.41, 5.74) is -2.32. The van der Waals surface area contributed by atoms with Crippen molar-refractivity contribution in [2.24, 2.45) is 0 Å². The van der Waals surface area contributed by atoms with E-state index in [4.69, 9.17) is 4.74 Å². The summed E-state index contributed by atoms with van der Waals surface area (Å²) in [6.45, 7) is 3.19. The summed E-state index contributed by atoms with van der Waals surface area (Å²) < 4.78 is 34.6. The minimum atomic E-state index is -2.76. The van der Waals surface area contributed by atoms with Crippen LogP contribution in [0.1, 0.15) is 6.23 Å². The number of hydrogen-bond donors (Lipinski definition) is 2. The Morgan fingerprint density at radius 3 is 2.81 bits per heavy atom. The van der Waals surface area contributed by atoms with Crippen molar-refractivity contribution in [3.63, 3.8) is 0 Å². The molecule has 114 valence electrons. The van der Waals surface area contributed by atoms with Gasteiger partial charge < -0.3 is 9.84 Å². The third-order valence-electron chi connectivity index (χ3n) is 3.12. The van der Waals surface area contributed by atoms with Crippen molar-refractivity contribution in [2.75, 3.05) is 4.43 Å². The lowest BCUT2D eigenvalue weighted by atomic mass is 9.95. The van der Waals surface area contributed by atoms with Crippen molar-refractivity contribution in [3.8, 4) is 0 Å². The predicted molar refractivity (Wildman–Crippen MR) is 77.7 cm³/mol. The molecule has 2 N–H and O–H groups in total. The maximum Gasteiger partial charge on any atom is 0.330 e. The molecule has 9 heteroatoms. The Morgan fingerprint density at radius 1 is 1.62 bits per heavy atom. The monoisotopic (exact) mass is 412 g/mol. The molecular weight excluding hydrogens is 401 g/mol. The van der Waals surface area contributed by atoms with Gasteiger partial charge in [-0.15, -0.1) is 5.73 Å². The first-order chi connectivity index (χ1) is 9.78. The number of nitrogens with zero attached hydrogens (tertiary/aromatic N) is 1. The van der Waals surface area contributed by atoms with Gasteiger partial charge in [-0.05, 0) is 0 Å². The van der Waals surface area contributed by atoms with E-state index in [-0.39, 0.29) is 4.43 Å². The van der Waals surface area contributed by atoms with E-state index in [1.807, 2.05) is 4.98 Å². The highest BCUT2D eigenvalue weighted by Crippen LogP contribution is 2.48. The summed E-state index contributed by atoms with van der Waals surface area (Å²) in [6, 6.07) is 0.956. The van der Waals surface area contributed by atoms with E-state index in [9.17, 15) is 23.5 Å². The molecule has 1 aliphatic rings.